The third-order valence-electron chi connectivity index (χ3n) is 5.62. The molecule has 0 fully saturated rings. The lowest BCUT2D eigenvalue weighted by Crippen LogP contribution is -2.30. The molecule has 3 amide bonds. The van der Waals surface area contributed by atoms with E-state index in [-0.39, 0.29) is 27.9 Å². The highest BCUT2D eigenvalue weighted by molar-refractivity contribution is 8.00. The van der Waals surface area contributed by atoms with Gasteiger partial charge in [-0.05, 0) is 79.0 Å². The van der Waals surface area contributed by atoms with Crippen molar-refractivity contribution in [2.24, 2.45) is 0 Å². The van der Waals surface area contributed by atoms with E-state index in [4.69, 9.17) is 11.6 Å². The van der Waals surface area contributed by atoms with Crippen LogP contribution in [0.5, 0.6) is 0 Å². The number of carbonyl (C=O) groups excluding carboxylic acids is 3. The van der Waals surface area contributed by atoms with Crippen LogP contribution < -0.4 is 16.0 Å². The Hall–Kier alpha value is -4.38. The van der Waals surface area contributed by atoms with Crippen LogP contribution in [0.25, 0.3) is 6.08 Å². The number of benzene rings is 3. The van der Waals surface area contributed by atoms with Crippen LogP contribution in [0.4, 0.5) is 11.4 Å². The first-order valence-electron chi connectivity index (χ1n) is 12.2. The molecule has 3 aromatic carbocycles. The van der Waals surface area contributed by atoms with Gasteiger partial charge < -0.3 is 21.1 Å². The van der Waals surface area contributed by atoms with Gasteiger partial charge >= 0.3 is 5.97 Å². The Balaban J connectivity index is 1.40. The van der Waals surface area contributed by atoms with E-state index in [1.165, 1.54) is 41.3 Å². The average Bonchev–Trinajstić information content (AvgIpc) is 3.48. The molecule has 8 nitrogen and oxygen atoms in total. The second-order valence-electron chi connectivity index (χ2n) is 8.62. The highest BCUT2D eigenvalue weighted by atomic mass is 35.5. The van der Waals surface area contributed by atoms with E-state index >= 15 is 0 Å². The fourth-order valence-corrected chi connectivity index (χ4v) is 5.21. The second kappa shape index (κ2) is 13.8. The number of hydrogen-bond acceptors (Lipinski definition) is 6. The predicted molar refractivity (Wildman–Crippen MR) is 164 cm³/mol. The molecular formula is C30H24ClN3O5S2. The molecule has 0 aliphatic rings. The van der Waals surface area contributed by atoms with Gasteiger partial charge in [-0.15, -0.1) is 23.1 Å². The van der Waals surface area contributed by atoms with E-state index in [1.54, 1.807) is 67.6 Å². The number of nitrogens with one attached hydrogen (secondary N) is 3. The standard InChI is InChI=1S/C30H24ClN3O5S2/c1-18(27(35)33-25-16-20(30(38)39)9-14-24(25)31)41-22-12-10-21(11-13-22)32-29(37)26(17-23-8-5-15-40-23)34-28(36)19-6-3-2-4-7-19/h2-18H,1H3,(H,32,37)(H,33,35)(H,34,36)(H,38,39)/b26-17-. The minimum Gasteiger partial charge on any atom is -0.478 e. The fourth-order valence-electron chi connectivity index (χ4n) is 3.52. The summed E-state index contributed by atoms with van der Waals surface area (Å²) in [5.41, 5.74) is 1.24. The van der Waals surface area contributed by atoms with Crippen LogP contribution in [0.15, 0.2) is 101 Å². The summed E-state index contributed by atoms with van der Waals surface area (Å²) in [6, 6.07) is 23.3. The van der Waals surface area contributed by atoms with E-state index in [2.05, 4.69) is 16.0 Å². The third-order valence-corrected chi connectivity index (χ3v) is 7.88. The summed E-state index contributed by atoms with van der Waals surface area (Å²) < 4.78 is 0. The molecule has 0 saturated carbocycles. The van der Waals surface area contributed by atoms with Gasteiger partial charge in [-0.25, -0.2) is 4.79 Å². The van der Waals surface area contributed by atoms with Gasteiger partial charge in [0.1, 0.15) is 5.70 Å². The molecule has 1 unspecified atom stereocenters. The summed E-state index contributed by atoms with van der Waals surface area (Å²) in [6.45, 7) is 1.71. The quantitative estimate of drug-likeness (QED) is 0.119. The zero-order valence-corrected chi connectivity index (χ0v) is 24.0. The van der Waals surface area contributed by atoms with Crippen LogP contribution in [-0.4, -0.2) is 34.0 Å². The number of amides is 3. The van der Waals surface area contributed by atoms with E-state index < -0.39 is 23.0 Å². The number of carboxylic acids is 1. The van der Waals surface area contributed by atoms with Crippen molar-refractivity contribution in [3.8, 4) is 0 Å². The lowest BCUT2D eigenvalue weighted by atomic mass is 10.2. The zero-order chi connectivity index (χ0) is 29.4. The van der Waals surface area contributed by atoms with Crippen molar-refractivity contribution >= 4 is 75.8 Å². The Bertz CT molecular complexity index is 1590. The number of thioether (sulfide) groups is 1. The Morgan fingerprint density at radius 1 is 0.902 bits per heavy atom. The van der Waals surface area contributed by atoms with Crippen molar-refractivity contribution in [3.05, 3.63) is 117 Å². The monoisotopic (exact) mass is 605 g/mol. The van der Waals surface area contributed by atoms with Crippen molar-refractivity contribution in [1.29, 1.82) is 0 Å². The van der Waals surface area contributed by atoms with Gasteiger partial charge in [0.05, 0.1) is 21.5 Å². The maximum atomic E-state index is 13.1. The molecule has 0 radical (unpaired) electrons. The molecule has 208 valence electrons. The van der Waals surface area contributed by atoms with Gasteiger partial charge in [0.25, 0.3) is 11.8 Å². The molecule has 4 aromatic rings. The van der Waals surface area contributed by atoms with Crippen LogP contribution in [0.2, 0.25) is 5.02 Å². The summed E-state index contributed by atoms with van der Waals surface area (Å²) in [4.78, 5) is 51.4. The van der Waals surface area contributed by atoms with Crippen LogP contribution in [0.3, 0.4) is 0 Å². The number of aromatic carboxylic acids is 1. The van der Waals surface area contributed by atoms with Crippen LogP contribution in [0.1, 0.15) is 32.5 Å². The number of anilines is 2. The van der Waals surface area contributed by atoms with Gasteiger partial charge in [0.15, 0.2) is 0 Å². The number of rotatable bonds is 10. The average molecular weight is 606 g/mol. The van der Waals surface area contributed by atoms with Gasteiger partial charge in [0, 0.05) is 21.0 Å². The molecule has 11 heteroatoms. The molecule has 1 aromatic heterocycles. The summed E-state index contributed by atoms with van der Waals surface area (Å²) in [5, 5.41) is 18.9. The minimum absolute atomic E-state index is 0.00987. The fraction of sp³-hybridized carbons (Fsp3) is 0.0667. The number of carbonyl (C=O) groups is 4. The van der Waals surface area contributed by atoms with Crippen molar-refractivity contribution in [2.75, 3.05) is 10.6 Å². The Kier molecular flexibility index (Phi) is 9.96. The predicted octanol–water partition coefficient (Wildman–Crippen LogP) is 6.63. The summed E-state index contributed by atoms with van der Waals surface area (Å²) in [7, 11) is 0. The molecule has 1 heterocycles. The van der Waals surface area contributed by atoms with Crippen molar-refractivity contribution in [1.82, 2.24) is 5.32 Å². The first-order valence-corrected chi connectivity index (χ1v) is 14.4. The first kappa shape index (κ1) is 29.6. The van der Waals surface area contributed by atoms with Gasteiger partial charge in [-0.2, -0.15) is 0 Å². The highest BCUT2D eigenvalue weighted by Gasteiger charge is 2.18. The zero-order valence-electron chi connectivity index (χ0n) is 21.6. The van der Waals surface area contributed by atoms with Gasteiger partial charge in [-0.3, -0.25) is 14.4 Å². The molecular weight excluding hydrogens is 582 g/mol. The van der Waals surface area contributed by atoms with Crippen molar-refractivity contribution < 1.29 is 24.3 Å². The lowest BCUT2D eigenvalue weighted by molar-refractivity contribution is -0.115. The number of hydrogen-bond donors (Lipinski definition) is 4. The van der Waals surface area contributed by atoms with E-state index in [1.807, 2.05) is 17.5 Å². The molecule has 0 aliphatic carbocycles. The topological polar surface area (TPSA) is 125 Å². The largest absolute Gasteiger partial charge is 0.478 e. The summed E-state index contributed by atoms with van der Waals surface area (Å²) in [5.74, 6) is -2.37. The lowest BCUT2D eigenvalue weighted by Gasteiger charge is -2.14. The number of carboxylic acid groups (broad SMARTS) is 1. The molecule has 4 N–H and O–H groups in total. The molecule has 0 bridgehead atoms. The molecule has 0 aliphatic heterocycles. The van der Waals surface area contributed by atoms with E-state index in [0.717, 1.165) is 9.77 Å². The maximum Gasteiger partial charge on any atom is 0.335 e. The number of thiophene rings is 1. The van der Waals surface area contributed by atoms with E-state index in [9.17, 15) is 24.3 Å². The van der Waals surface area contributed by atoms with Crippen molar-refractivity contribution in [2.45, 2.75) is 17.1 Å². The Morgan fingerprint density at radius 2 is 1.63 bits per heavy atom. The third kappa shape index (κ3) is 8.31. The minimum atomic E-state index is -1.13. The summed E-state index contributed by atoms with van der Waals surface area (Å²) >= 11 is 8.83. The number of halogens is 1. The van der Waals surface area contributed by atoms with Crippen LogP contribution >= 0.6 is 34.7 Å². The van der Waals surface area contributed by atoms with Gasteiger partial charge in [0.2, 0.25) is 5.91 Å². The maximum absolute atomic E-state index is 13.1. The normalized spacial score (nSPS) is 11.8. The Labute approximate surface area is 249 Å². The Morgan fingerprint density at radius 3 is 2.29 bits per heavy atom. The van der Waals surface area contributed by atoms with E-state index in [0.29, 0.717) is 11.3 Å². The van der Waals surface area contributed by atoms with Gasteiger partial charge in [-0.1, -0.05) is 35.9 Å². The molecule has 41 heavy (non-hydrogen) atoms. The molecule has 1 atom stereocenters. The van der Waals surface area contributed by atoms with Crippen LogP contribution in [-0.2, 0) is 9.59 Å². The first-order chi connectivity index (χ1) is 19.7. The SMILES string of the molecule is CC(Sc1ccc(NC(=O)/C(=C/c2cccs2)NC(=O)c2ccccc2)cc1)C(=O)Nc1cc(C(=O)O)ccc1Cl. The molecule has 0 saturated heterocycles. The molecule has 4 rings (SSSR count). The summed E-state index contributed by atoms with van der Waals surface area (Å²) in [6.07, 6.45) is 1.61. The highest BCUT2D eigenvalue weighted by Crippen LogP contribution is 2.28. The smallest absolute Gasteiger partial charge is 0.335 e. The second-order valence-corrected chi connectivity index (χ2v) is 11.4. The molecule has 0 spiro atoms. The van der Waals surface area contributed by atoms with Crippen LogP contribution in [0, 0.1) is 0 Å². The van der Waals surface area contributed by atoms with Crippen molar-refractivity contribution in [3.63, 3.8) is 0 Å².